The Morgan fingerprint density at radius 1 is 1.17 bits per heavy atom. The first-order valence-electron chi connectivity index (χ1n) is 10.1. The van der Waals surface area contributed by atoms with Gasteiger partial charge >= 0.3 is 0 Å². The smallest absolute Gasteiger partial charge is 0.222 e. The summed E-state index contributed by atoms with van der Waals surface area (Å²) in [6.45, 7) is 2.30. The SMILES string of the molecule is CN1C(=O)CC[C@]2(C)c3ccc(Sc4ccc5cccc(F)c5n4)cc3CC[C@@H]12. The predicted octanol–water partition coefficient (Wildman–Crippen LogP) is 5.35. The number of hydrogen-bond donors (Lipinski definition) is 0. The minimum absolute atomic E-state index is 0.0176. The number of benzene rings is 2. The van der Waals surface area contributed by atoms with Crippen molar-refractivity contribution in [1.82, 2.24) is 9.88 Å². The highest BCUT2D eigenvalue weighted by Gasteiger charge is 2.46. The van der Waals surface area contributed by atoms with Crippen molar-refractivity contribution < 1.29 is 9.18 Å². The zero-order chi connectivity index (χ0) is 20.2. The van der Waals surface area contributed by atoms with Crippen LogP contribution in [0.5, 0.6) is 0 Å². The first-order chi connectivity index (χ1) is 14.0. The average molecular weight is 407 g/mol. The maximum absolute atomic E-state index is 14.1. The molecule has 5 heteroatoms. The van der Waals surface area contributed by atoms with Gasteiger partial charge in [0.15, 0.2) is 0 Å². The van der Waals surface area contributed by atoms with E-state index in [4.69, 9.17) is 0 Å². The van der Waals surface area contributed by atoms with Crippen LogP contribution in [0, 0.1) is 5.82 Å². The number of piperidine rings is 1. The molecule has 1 saturated heterocycles. The van der Waals surface area contributed by atoms with Crippen LogP contribution < -0.4 is 0 Å². The second-order valence-electron chi connectivity index (χ2n) is 8.36. The van der Waals surface area contributed by atoms with Crippen molar-refractivity contribution in [2.24, 2.45) is 0 Å². The Hall–Kier alpha value is -2.40. The van der Waals surface area contributed by atoms with Crippen molar-refractivity contribution in [1.29, 1.82) is 0 Å². The predicted molar refractivity (Wildman–Crippen MR) is 114 cm³/mol. The normalized spacial score (nSPS) is 23.8. The second kappa shape index (κ2) is 6.84. The van der Waals surface area contributed by atoms with E-state index >= 15 is 0 Å². The third-order valence-corrected chi connectivity index (χ3v) is 7.63. The zero-order valence-corrected chi connectivity index (χ0v) is 17.4. The molecule has 1 fully saturated rings. The van der Waals surface area contributed by atoms with Gasteiger partial charge in [-0.05, 0) is 54.7 Å². The number of fused-ring (bicyclic) bond motifs is 4. The maximum atomic E-state index is 14.1. The quantitative estimate of drug-likeness (QED) is 0.575. The van der Waals surface area contributed by atoms with Gasteiger partial charge in [0.25, 0.3) is 0 Å². The van der Waals surface area contributed by atoms with Crippen LogP contribution in [0.15, 0.2) is 58.5 Å². The van der Waals surface area contributed by atoms with Crippen LogP contribution >= 0.6 is 11.8 Å². The molecular formula is C24H23FN2OS. The number of nitrogens with zero attached hydrogens (tertiary/aromatic N) is 2. The Morgan fingerprint density at radius 2 is 2.03 bits per heavy atom. The molecule has 0 unspecified atom stereocenters. The van der Waals surface area contributed by atoms with E-state index < -0.39 is 0 Å². The summed E-state index contributed by atoms with van der Waals surface area (Å²) in [5.74, 6) is -0.0250. The average Bonchev–Trinajstić information content (AvgIpc) is 2.72. The number of para-hydroxylation sites is 1. The van der Waals surface area contributed by atoms with Gasteiger partial charge in [0, 0.05) is 35.2 Å². The highest BCUT2D eigenvalue weighted by molar-refractivity contribution is 7.99. The summed E-state index contributed by atoms with van der Waals surface area (Å²) in [6, 6.07) is 15.8. The number of pyridine rings is 1. The van der Waals surface area contributed by atoms with Gasteiger partial charge in [-0.3, -0.25) is 4.79 Å². The van der Waals surface area contributed by atoms with Gasteiger partial charge in [0.05, 0.1) is 0 Å². The van der Waals surface area contributed by atoms with Gasteiger partial charge in [-0.2, -0.15) is 0 Å². The molecule has 5 rings (SSSR count). The number of halogens is 1. The van der Waals surface area contributed by atoms with Crippen molar-refractivity contribution in [2.75, 3.05) is 7.05 Å². The number of aryl methyl sites for hydroxylation is 1. The van der Waals surface area contributed by atoms with Gasteiger partial charge in [0.1, 0.15) is 16.4 Å². The first-order valence-corrected chi connectivity index (χ1v) is 10.9. The number of carbonyl (C=O) groups excluding carboxylic acids is 1. The topological polar surface area (TPSA) is 33.2 Å². The second-order valence-corrected chi connectivity index (χ2v) is 9.45. The number of likely N-dealkylation sites (tertiary alicyclic amines) is 1. The van der Waals surface area contributed by atoms with Crippen LogP contribution in [-0.2, 0) is 16.6 Å². The highest BCUT2D eigenvalue weighted by Crippen LogP contribution is 2.46. The highest BCUT2D eigenvalue weighted by atomic mass is 32.2. The lowest BCUT2D eigenvalue weighted by molar-refractivity contribution is -0.138. The summed E-state index contributed by atoms with van der Waals surface area (Å²) in [4.78, 5) is 19.8. The summed E-state index contributed by atoms with van der Waals surface area (Å²) in [7, 11) is 1.95. The molecule has 148 valence electrons. The van der Waals surface area contributed by atoms with Crippen LogP contribution in [0.1, 0.15) is 37.3 Å². The molecule has 0 spiro atoms. The molecule has 2 atom stereocenters. The van der Waals surface area contributed by atoms with Crippen molar-refractivity contribution >= 4 is 28.6 Å². The molecule has 3 aromatic rings. The van der Waals surface area contributed by atoms with E-state index in [1.54, 1.807) is 17.8 Å². The summed E-state index contributed by atoms with van der Waals surface area (Å²) in [5, 5.41) is 1.61. The molecule has 2 aliphatic rings. The van der Waals surface area contributed by atoms with Crippen LogP contribution in [-0.4, -0.2) is 28.9 Å². The minimum Gasteiger partial charge on any atom is -0.342 e. The molecule has 1 amide bonds. The maximum Gasteiger partial charge on any atom is 0.222 e. The lowest BCUT2D eigenvalue weighted by Crippen LogP contribution is -2.56. The molecule has 0 N–H and O–H groups in total. The molecule has 2 heterocycles. The molecule has 0 saturated carbocycles. The van der Waals surface area contributed by atoms with E-state index in [2.05, 4.69) is 30.1 Å². The van der Waals surface area contributed by atoms with E-state index in [-0.39, 0.29) is 23.2 Å². The number of amides is 1. The van der Waals surface area contributed by atoms with E-state index in [0.29, 0.717) is 11.9 Å². The van der Waals surface area contributed by atoms with Crippen molar-refractivity contribution in [3.63, 3.8) is 0 Å². The number of likely N-dealkylation sites (N-methyl/N-ethyl adjacent to an activating group) is 1. The fourth-order valence-electron chi connectivity index (χ4n) is 5.10. The molecule has 1 aliphatic carbocycles. The van der Waals surface area contributed by atoms with Gasteiger partial charge in [-0.1, -0.05) is 43.0 Å². The Bertz CT molecular complexity index is 1130. The molecule has 3 nitrogen and oxygen atoms in total. The minimum atomic E-state index is -0.287. The molecule has 1 aromatic heterocycles. The van der Waals surface area contributed by atoms with Crippen molar-refractivity contribution in [3.8, 4) is 0 Å². The summed E-state index contributed by atoms with van der Waals surface area (Å²) < 4.78 is 14.1. The lowest BCUT2D eigenvalue weighted by atomic mass is 9.63. The van der Waals surface area contributed by atoms with Crippen LogP contribution in [0.2, 0.25) is 0 Å². The molecule has 1 aliphatic heterocycles. The summed E-state index contributed by atoms with van der Waals surface area (Å²) >= 11 is 1.57. The molecule has 0 radical (unpaired) electrons. The molecule has 29 heavy (non-hydrogen) atoms. The molecule has 0 bridgehead atoms. The van der Waals surface area contributed by atoms with Gasteiger partial charge in [-0.15, -0.1) is 0 Å². The number of aromatic nitrogens is 1. The van der Waals surface area contributed by atoms with Crippen LogP contribution in [0.25, 0.3) is 10.9 Å². The van der Waals surface area contributed by atoms with Crippen LogP contribution in [0.3, 0.4) is 0 Å². The van der Waals surface area contributed by atoms with Crippen LogP contribution in [0.4, 0.5) is 4.39 Å². The first kappa shape index (κ1) is 18.6. The fourth-order valence-corrected chi connectivity index (χ4v) is 5.95. The zero-order valence-electron chi connectivity index (χ0n) is 16.6. The third-order valence-electron chi connectivity index (χ3n) is 6.70. The fraction of sp³-hybridized carbons (Fsp3) is 0.333. The Kier molecular flexibility index (Phi) is 4.39. The van der Waals surface area contributed by atoms with E-state index in [1.165, 1.54) is 17.2 Å². The molecular weight excluding hydrogens is 383 g/mol. The van der Waals surface area contributed by atoms with E-state index in [1.807, 2.05) is 30.1 Å². The number of rotatable bonds is 2. The summed E-state index contributed by atoms with van der Waals surface area (Å²) in [5.41, 5.74) is 3.17. The number of hydrogen-bond acceptors (Lipinski definition) is 3. The van der Waals surface area contributed by atoms with Gasteiger partial charge in [0.2, 0.25) is 5.91 Å². The van der Waals surface area contributed by atoms with E-state index in [0.717, 1.165) is 34.6 Å². The Labute approximate surface area is 174 Å². The largest absolute Gasteiger partial charge is 0.342 e. The van der Waals surface area contributed by atoms with Gasteiger partial charge in [-0.25, -0.2) is 9.37 Å². The van der Waals surface area contributed by atoms with Gasteiger partial charge < -0.3 is 4.90 Å². The third kappa shape index (κ3) is 3.03. The standard InChI is InChI=1S/C24H23FN2OS/c1-24-13-12-22(28)27(2)20(24)10-6-16-14-17(8-9-18(16)24)29-21-11-7-15-4-3-5-19(25)23(15)26-21/h3-5,7-9,11,14,20H,6,10,12-13H2,1-2H3/t20-,24-/m1/s1. The van der Waals surface area contributed by atoms with Crippen molar-refractivity contribution in [3.05, 3.63) is 65.5 Å². The van der Waals surface area contributed by atoms with E-state index in [9.17, 15) is 9.18 Å². The lowest BCUT2D eigenvalue weighted by Gasteiger charge is -2.50. The monoisotopic (exact) mass is 406 g/mol. The summed E-state index contributed by atoms with van der Waals surface area (Å²) in [6.07, 6.45) is 3.50. The van der Waals surface area contributed by atoms with Crippen molar-refractivity contribution in [2.45, 2.75) is 54.0 Å². The molecule has 2 aromatic carbocycles. The number of carbonyl (C=O) groups is 1. The Balaban J connectivity index is 1.46. The Morgan fingerprint density at radius 3 is 2.90 bits per heavy atom.